The van der Waals surface area contributed by atoms with Crippen molar-refractivity contribution >= 4 is 5.78 Å². The van der Waals surface area contributed by atoms with Crippen molar-refractivity contribution in [2.75, 3.05) is 0 Å². The van der Waals surface area contributed by atoms with Crippen LogP contribution in [0.15, 0.2) is 11.6 Å². The van der Waals surface area contributed by atoms with Crippen molar-refractivity contribution in [2.45, 2.75) is 71.4 Å². The third kappa shape index (κ3) is 1.77. The number of carbonyl (C=O) groups is 1. The van der Waals surface area contributed by atoms with E-state index >= 15 is 0 Å². The molecule has 0 aliphatic heterocycles. The standard InChI is InChI=1S/C19H27FO/c1-18-9-7-13(20)11-12(18)3-4-14-15-5-6-17(21)19(15,2)10-8-16(14)18/h3,13-16H,4-11H2,1-2H3/t13-,14+,15+,16+,18+,19+/m1/s1. The molecule has 6 atom stereocenters. The van der Waals surface area contributed by atoms with Crippen LogP contribution in [-0.2, 0) is 4.79 Å². The number of alkyl halides is 1. The predicted octanol–water partition coefficient (Wildman–Crippen LogP) is 4.86. The Kier molecular flexibility index (Phi) is 2.94. The summed E-state index contributed by atoms with van der Waals surface area (Å²) >= 11 is 0. The molecule has 3 fully saturated rings. The molecule has 4 aliphatic carbocycles. The van der Waals surface area contributed by atoms with E-state index in [1.54, 1.807) is 0 Å². The van der Waals surface area contributed by atoms with Crippen molar-refractivity contribution in [1.82, 2.24) is 0 Å². The number of rotatable bonds is 0. The molecule has 0 amide bonds. The molecule has 0 bridgehead atoms. The minimum atomic E-state index is -0.622. The Labute approximate surface area is 127 Å². The Bertz CT molecular complexity index is 510. The molecule has 0 aromatic heterocycles. The zero-order valence-electron chi connectivity index (χ0n) is 13.3. The van der Waals surface area contributed by atoms with Crippen LogP contribution >= 0.6 is 0 Å². The topological polar surface area (TPSA) is 17.1 Å². The van der Waals surface area contributed by atoms with E-state index < -0.39 is 6.17 Å². The van der Waals surface area contributed by atoms with Gasteiger partial charge >= 0.3 is 0 Å². The molecule has 3 saturated carbocycles. The lowest BCUT2D eigenvalue weighted by Gasteiger charge is -2.56. The van der Waals surface area contributed by atoms with Gasteiger partial charge in [0, 0.05) is 18.3 Å². The smallest absolute Gasteiger partial charge is 0.139 e. The molecule has 21 heavy (non-hydrogen) atoms. The maximum atomic E-state index is 13.8. The van der Waals surface area contributed by atoms with Crippen LogP contribution in [0.3, 0.4) is 0 Å². The first-order valence-electron chi connectivity index (χ1n) is 8.82. The van der Waals surface area contributed by atoms with Gasteiger partial charge in [0.1, 0.15) is 12.0 Å². The Morgan fingerprint density at radius 2 is 1.81 bits per heavy atom. The Balaban J connectivity index is 1.69. The van der Waals surface area contributed by atoms with Crippen molar-refractivity contribution in [1.29, 1.82) is 0 Å². The fourth-order valence-electron chi connectivity index (χ4n) is 6.39. The maximum Gasteiger partial charge on any atom is 0.139 e. The number of Topliss-reactive ketones (excluding diaryl/α,β-unsaturated/α-hetero) is 1. The number of hydrogen-bond acceptors (Lipinski definition) is 1. The molecule has 116 valence electrons. The molecule has 0 aromatic carbocycles. The Morgan fingerprint density at radius 3 is 2.62 bits per heavy atom. The summed E-state index contributed by atoms with van der Waals surface area (Å²) in [5.74, 6) is 2.45. The minimum absolute atomic E-state index is 0.0415. The summed E-state index contributed by atoms with van der Waals surface area (Å²) in [6.07, 6.45) is 9.39. The average molecular weight is 290 g/mol. The molecule has 0 unspecified atom stereocenters. The van der Waals surface area contributed by atoms with Crippen molar-refractivity contribution in [3.8, 4) is 0 Å². The van der Waals surface area contributed by atoms with Crippen molar-refractivity contribution < 1.29 is 9.18 Å². The first-order chi connectivity index (χ1) is 9.95. The largest absolute Gasteiger partial charge is 0.299 e. The van der Waals surface area contributed by atoms with Gasteiger partial charge in [0.25, 0.3) is 0 Å². The van der Waals surface area contributed by atoms with Gasteiger partial charge in [-0.25, -0.2) is 4.39 Å². The summed E-state index contributed by atoms with van der Waals surface area (Å²) < 4.78 is 13.8. The maximum absolute atomic E-state index is 13.8. The van der Waals surface area contributed by atoms with E-state index in [0.29, 0.717) is 30.0 Å². The molecular formula is C19H27FO. The lowest BCUT2D eigenvalue weighted by molar-refractivity contribution is -0.131. The highest BCUT2D eigenvalue weighted by Gasteiger charge is 2.58. The van der Waals surface area contributed by atoms with Crippen LogP contribution in [-0.4, -0.2) is 12.0 Å². The molecule has 0 radical (unpaired) electrons. The highest BCUT2D eigenvalue weighted by Crippen LogP contribution is 2.64. The fraction of sp³-hybridized carbons (Fsp3) is 0.842. The molecule has 0 aromatic rings. The quantitative estimate of drug-likeness (QED) is 0.582. The normalized spacial score (nSPS) is 52.7. The molecule has 1 nitrogen and oxygen atoms in total. The third-order valence-corrected chi connectivity index (χ3v) is 7.75. The van der Waals surface area contributed by atoms with Crippen LogP contribution in [0, 0.1) is 28.6 Å². The number of carbonyl (C=O) groups excluding carboxylic acids is 1. The monoisotopic (exact) mass is 290 g/mol. The Hall–Kier alpha value is -0.660. The van der Waals surface area contributed by atoms with Gasteiger partial charge in [-0.1, -0.05) is 25.5 Å². The molecule has 4 rings (SSSR count). The molecule has 0 spiro atoms. The van der Waals surface area contributed by atoms with Crippen molar-refractivity contribution in [3.63, 3.8) is 0 Å². The summed E-state index contributed by atoms with van der Waals surface area (Å²) in [6.45, 7) is 4.62. The zero-order chi connectivity index (χ0) is 14.8. The Morgan fingerprint density at radius 1 is 1.10 bits per heavy atom. The summed E-state index contributed by atoms with van der Waals surface area (Å²) in [6, 6.07) is 0. The van der Waals surface area contributed by atoms with E-state index in [1.165, 1.54) is 12.0 Å². The van der Waals surface area contributed by atoms with Gasteiger partial charge < -0.3 is 0 Å². The molecule has 0 heterocycles. The van der Waals surface area contributed by atoms with E-state index in [4.69, 9.17) is 0 Å². The van der Waals surface area contributed by atoms with Crippen LogP contribution in [0.1, 0.15) is 65.2 Å². The van der Waals surface area contributed by atoms with Gasteiger partial charge in [0.2, 0.25) is 0 Å². The summed E-state index contributed by atoms with van der Waals surface area (Å²) in [5.41, 5.74) is 1.58. The SMILES string of the molecule is C[C@]12CC[C@@H](F)CC1=CC[C@@H]1[C@@H]2CC[C@]2(C)C(=O)CC[C@@H]12. The number of fused-ring (bicyclic) bond motifs is 5. The number of halogens is 1. The molecule has 2 heteroatoms. The van der Waals surface area contributed by atoms with Crippen LogP contribution in [0.25, 0.3) is 0 Å². The van der Waals surface area contributed by atoms with Crippen LogP contribution < -0.4 is 0 Å². The van der Waals surface area contributed by atoms with E-state index in [1.807, 2.05) is 0 Å². The molecular weight excluding hydrogens is 263 g/mol. The summed E-state index contributed by atoms with van der Waals surface area (Å²) in [4.78, 5) is 12.3. The second kappa shape index (κ2) is 4.43. The summed E-state index contributed by atoms with van der Waals surface area (Å²) in [7, 11) is 0. The molecule has 4 aliphatic rings. The van der Waals surface area contributed by atoms with Gasteiger partial charge in [0.15, 0.2) is 0 Å². The second-order valence-corrected chi connectivity index (χ2v) is 8.52. The van der Waals surface area contributed by atoms with Crippen LogP contribution in [0.5, 0.6) is 0 Å². The highest BCUT2D eigenvalue weighted by molar-refractivity contribution is 5.87. The van der Waals surface area contributed by atoms with Gasteiger partial charge in [-0.15, -0.1) is 0 Å². The lowest BCUT2D eigenvalue weighted by Crippen LogP contribution is -2.50. The number of ketones is 1. The van der Waals surface area contributed by atoms with Crippen molar-refractivity contribution in [3.05, 3.63) is 11.6 Å². The number of hydrogen-bond donors (Lipinski definition) is 0. The first kappa shape index (κ1) is 14.0. The highest BCUT2D eigenvalue weighted by atomic mass is 19.1. The van der Waals surface area contributed by atoms with Gasteiger partial charge in [-0.05, 0) is 61.7 Å². The van der Waals surface area contributed by atoms with E-state index in [9.17, 15) is 9.18 Å². The zero-order valence-corrected chi connectivity index (χ0v) is 13.3. The van der Waals surface area contributed by atoms with Crippen molar-refractivity contribution in [2.24, 2.45) is 28.6 Å². The average Bonchev–Trinajstić information content (AvgIpc) is 2.76. The van der Waals surface area contributed by atoms with Gasteiger partial charge in [-0.2, -0.15) is 0 Å². The summed E-state index contributed by atoms with van der Waals surface area (Å²) in [5, 5.41) is 0. The first-order valence-corrected chi connectivity index (χ1v) is 8.82. The van der Waals surface area contributed by atoms with E-state index in [-0.39, 0.29) is 10.8 Å². The lowest BCUT2D eigenvalue weighted by atomic mass is 9.48. The van der Waals surface area contributed by atoms with Gasteiger partial charge in [0.05, 0.1) is 0 Å². The van der Waals surface area contributed by atoms with Gasteiger partial charge in [-0.3, -0.25) is 4.79 Å². The van der Waals surface area contributed by atoms with E-state index in [2.05, 4.69) is 19.9 Å². The fourth-order valence-corrected chi connectivity index (χ4v) is 6.39. The van der Waals surface area contributed by atoms with Crippen LogP contribution in [0.4, 0.5) is 4.39 Å². The van der Waals surface area contributed by atoms with E-state index in [0.717, 1.165) is 38.5 Å². The van der Waals surface area contributed by atoms with Crippen LogP contribution in [0.2, 0.25) is 0 Å². The predicted molar refractivity (Wildman–Crippen MR) is 81.6 cm³/mol. The minimum Gasteiger partial charge on any atom is -0.299 e. The second-order valence-electron chi connectivity index (χ2n) is 8.52. The molecule has 0 N–H and O–H groups in total. The number of allylic oxidation sites excluding steroid dienone is 2. The third-order valence-electron chi connectivity index (χ3n) is 7.75. The molecule has 0 saturated heterocycles.